The van der Waals surface area contributed by atoms with Crippen molar-refractivity contribution in [2.45, 2.75) is 6.92 Å². The van der Waals surface area contributed by atoms with Gasteiger partial charge in [0.1, 0.15) is 22.8 Å². The number of phenols is 3. The minimum absolute atomic E-state index is 0.540. The highest BCUT2D eigenvalue weighted by molar-refractivity contribution is 6.02. The summed E-state index contributed by atoms with van der Waals surface area (Å²) >= 11 is 0. The van der Waals surface area contributed by atoms with E-state index in [9.17, 15) is 32.6 Å². The van der Waals surface area contributed by atoms with Gasteiger partial charge in [-0.2, -0.15) is 8.78 Å². The van der Waals surface area contributed by atoms with Crippen molar-refractivity contribution in [1.29, 1.82) is 0 Å². The Balaban J connectivity index is 2.31. The van der Waals surface area contributed by atoms with Gasteiger partial charge in [0.25, 0.3) is 0 Å². The molecule has 2 rings (SSSR count). The Morgan fingerprint density at radius 2 is 1.42 bits per heavy atom. The maximum Gasteiger partial charge on any atom is 0.207 e. The number of halogens is 4. The van der Waals surface area contributed by atoms with Crippen LogP contribution < -0.4 is 4.74 Å². The van der Waals surface area contributed by atoms with Gasteiger partial charge >= 0.3 is 0 Å². The monoisotopic (exact) mass is 346 g/mol. The summed E-state index contributed by atoms with van der Waals surface area (Å²) in [6.45, 7) is -0.319. The van der Waals surface area contributed by atoms with Crippen LogP contribution in [0.3, 0.4) is 0 Å². The van der Waals surface area contributed by atoms with E-state index in [0.29, 0.717) is 0 Å². The highest BCUT2D eigenvalue weighted by Crippen LogP contribution is 2.33. The molecule has 0 radical (unpaired) electrons. The molecule has 0 saturated heterocycles. The van der Waals surface area contributed by atoms with Crippen LogP contribution in [-0.4, -0.2) is 27.7 Å². The summed E-state index contributed by atoms with van der Waals surface area (Å²) in [5, 5.41) is 28.1. The summed E-state index contributed by atoms with van der Waals surface area (Å²) in [7, 11) is 0. The molecule has 0 amide bonds. The molecule has 128 valence electrons. The maximum absolute atomic E-state index is 13.6. The summed E-state index contributed by atoms with van der Waals surface area (Å²) in [6.07, 6.45) is 0. The number of Topliss-reactive ketones (excluding diaryl/α,β-unsaturated/α-hetero) is 1. The molecule has 0 spiro atoms. The first kappa shape index (κ1) is 17.4. The van der Waals surface area contributed by atoms with Gasteiger partial charge in [-0.05, 0) is 6.92 Å². The van der Waals surface area contributed by atoms with Gasteiger partial charge in [0.2, 0.25) is 17.4 Å². The van der Waals surface area contributed by atoms with E-state index in [1.54, 1.807) is 0 Å². The van der Waals surface area contributed by atoms with Gasteiger partial charge in [0.15, 0.2) is 24.0 Å². The number of aromatic hydroxyl groups is 3. The number of carbonyl (C=O) groups excluding carboxylic acids is 1. The number of benzene rings is 2. The molecule has 0 aromatic heterocycles. The topological polar surface area (TPSA) is 87.0 Å². The van der Waals surface area contributed by atoms with Crippen molar-refractivity contribution in [1.82, 2.24) is 0 Å². The van der Waals surface area contributed by atoms with E-state index in [1.807, 2.05) is 0 Å². The molecule has 0 unspecified atom stereocenters. The van der Waals surface area contributed by atoms with Gasteiger partial charge in [0.05, 0.1) is 0 Å². The van der Waals surface area contributed by atoms with Crippen LogP contribution in [-0.2, 0) is 0 Å². The molecule has 24 heavy (non-hydrogen) atoms. The van der Waals surface area contributed by atoms with Crippen LogP contribution in [0.4, 0.5) is 17.6 Å². The van der Waals surface area contributed by atoms with Crippen molar-refractivity contribution in [3.63, 3.8) is 0 Å². The molecule has 0 aliphatic rings. The number of ether oxygens (including phenoxy) is 1. The molecule has 0 bridgehead atoms. The Kier molecular flexibility index (Phi) is 4.54. The molecule has 0 fully saturated rings. The van der Waals surface area contributed by atoms with Crippen LogP contribution in [0, 0.1) is 30.2 Å². The van der Waals surface area contributed by atoms with Crippen molar-refractivity contribution in [3.8, 4) is 23.0 Å². The zero-order valence-electron chi connectivity index (χ0n) is 12.0. The van der Waals surface area contributed by atoms with Crippen molar-refractivity contribution in [2.24, 2.45) is 0 Å². The highest BCUT2D eigenvalue weighted by Gasteiger charge is 2.26. The van der Waals surface area contributed by atoms with E-state index < -0.39 is 69.8 Å². The molecular formula is C15H10F4O5. The second-order valence-corrected chi connectivity index (χ2v) is 4.78. The van der Waals surface area contributed by atoms with Crippen LogP contribution in [0.5, 0.6) is 23.0 Å². The van der Waals surface area contributed by atoms with Crippen LogP contribution in [0.25, 0.3) is 0 Å². The average Bonchev–Trinajstić information content (AvgIpc) is 2.50. The van der Waals surface area contributed by atoms with Crippen LogP contribution in [0.2, 0.25) is 0 Å². The minimum Gasteiger partial charge on any atom is -0.508 e. The lowest BCUT2D eigenvalue weighted by Crippen LogP contribution is -2.15. The lowest BCUT2D eigenvalue weighted by molar-refractivity contribution is 0.0908. The van der Waals surface area contributed by atoms with Gasteiger partial charge in [-0.3, -0.25) is 4.79 Å². The number of rotatable bonds is 4. The Hall–Kier alpha value is -2.97. The summed E-state index contributed by atoms with van der Waals surface area (Å²) in [6, 6.07) is 1.47. The van der Waals surface area contributed by atoms with E-state index in [0.717, 1.165) is 19.1 Å². The molecule has 2 aromatic carbocycles. The zero-order chi connectivity index (χ0) is 18.2. The van der Waals surface area contributed by atoms with Gasteiger partial charge in [-0.1, -0.05) is 0 Å². The molecule has 3 N–H and O–H groups in total. The Labute approximate surface area is 132 Å². The predicted molar refractivity (Wildman–Crippen MR) is 72.3 cm³/mol. The molecular weight excluding hydrogens is 336 g/mol. The standard InChI is InChI=1S/C15H10F4O5/c1-5-11(16)13(18)15(14(19)12(5)17)24-4-9(23)10-7(21)2-6(20)3-8(10)22/h2-3,20-22H,4H2,1H3. The molecule has 0 aliphatic carbocycles. The largest absolute Gasteiger partial charge is 0.508 e. The van der Waals surface area contributed by atoms with E-state index in [1.165, 1.54) is 0 Å². The molecule has 0 aliphatic heterocycles. The van der Waals surface area contributed by atoms with Crippen molar-refractivity contribution in [3.05, 3.63) is 46.5 Å². The first-order chi connectivity index (χ1) is 11.1. The van der Waals surface area contributed by atoms with Crippen molar-refractivity contribution < 1.29 is 42.4 Å². The van der Waals surface area contributed by atoms with Crippen LogP contribution in [0.15, 0.2) is 12.1 Å². The third-order valence-electron chi connectivity index (χ3n) is 3.15. The quantitative estimate of drug-likeness (QED) is 0.450. The molecule has 5 nitrogen and oxygen atoms in total. The fourth-order valence-electron chi connectivity index (χ4n) is 1.94. The minimum atomic E-state index is -1.82. The number of hydrogen-bond acceptors (Lipinski definition) is 5. The average molecular weight is 346 g/mol. The molecule has 2 aromatic rings. The predicted octanol–water partition coefficient (Wildman–Crippen LogP) is 2.93. The maximum atomic E-state index is 13.6. The fraction of sp³-hybridized carbons (Fsp3) is 0.133. The lowest BCUT2D eigenvalue weighted by atomic mass is 10.1. The molecule has 0 atom stereocenters. The van der Waals surface area contributed by atoms with Crippen molar-refractivity contribution in [2.75, 3.05) is 6.61 Å². The fourth-order valence-corrected chi connectivity index (χ4v) is 1.94. The van der Waals surface area contributed by atoms with E-state index in [4.69, 9.17) is 5.11 Å². The third-order valence-corrected chi connectivity index (χ3v) is 3.15. The summed E-state index contributed by atoms with van der Waals surface area (Å²) in [5.74, 6) is -11.8. The van der Waals surface area contributed by atoms with Crippen LogP contribution in [0.1, 0.15) is 15.9 Å². The number of hydrogen-bond donors (Lipinski definition) is 3. The zero-order valence-corrected chi connectivity index (χ0v) is 12.0. The van der Waals surface area contributed by atoms with Crippen LogP contribution >= 0.6 is 0 Å². The molecule has 0 saturated carbocycles. The summed E-state index contributed by atoms with van der Waals surface area (Å²) in [5.41, 5.74) is -1.58. The smallest absolute Gasteiger partial charge is 0.207 e. The second-order valence-electron chi connectivity index (χ2n) is 4.78. The molecule has 0 heterocycles. The van der Waals surface area contributed by atoms with E-state index in [2.05, 4.69) is 4.74 Å². The second kappa shape index (κ2) is 6.26. The summed E-state index contributed by atoms with van der Waals surface area (Å²) < 4.78 is 58.5. The third kappa shape index (κ3) is 2.92. The number of phenolic OH excluding ortho intramolecular Hbond substituents is 3. The first-order valence-corrected chi connectivity index (χ1v) is 6.38. The van der Waals surface area contributed by atoms with Gasteiger partial charge in [0, 0.05) is 17.7 Å². The SMILES string of the molecule is Cc1c(F)c(F)c(OCC(=O)c2c(O)cc(O)cc2O)c(F)c1F. The lowest BCUT2D eigenvalue weighted by Gasteiger charge is -2.12. The Morgan fingerprint density at radius 1 is 0.958 bits per heavy atom. The molecule has 9 heteroatoms. The van der Waals surface area contributed by atoms with Gasteiger partial charge in [-0.25, -0.2) is 8.78 Å². The summed E-state index contributed by atoms with van der Waals surface area (Å²) in [4.78, 5) is 11.9. The normalized spacial score (nSPS) is 10.7. The highest BCUT2D eigenvalue weighted by atomic mass is 19.2. The van der Waals surface area contributed by atoms with E-state index in [-0.39, 0.29) is 0 Å². The number of carbonyl (C=O) groups is 1. The Bertz CT molecular complexity index is 783. The number of ketones is 1. The van der Waals surface area contributed by atoms with Crippen molar-refractivity contribution >= 4 is 5.78 Å². The Morgan fingerprint density at radius 3 is 1.88 bits per heavy atom. The first-order valence-electron chi connectivity index (χ1n) is 6.38. The van der Waals surface area contributed by atoms with Gasteiger partial charge < -0.3 is 20.1 Å². The van der Waals surface area contributed by atoms with Gasteiger partial charge in [-0.15, -0.1) is 0 Å². The van der Waals surface area contributed by atoms with E-state index >= 15 is 0 Å².